The fraction of sp³-hybridized carbons (Fsp3) is 0.385. The van der Waals surface area contributed by atoms with Crippen molar-refractivity contribution < 1.29 is 9.59 Å². The van der Waals surface area contributed by atoms with Gasteiger partial charge < -0.3 is 10.2 Å². The molecule has 0 radical (unpaired) electrons. The van der Waals surface area contributed by atoms with E-state index in [1.165, 1.54) is 0 Å². The van der Waals surface area contributed by atoms with Gasteiger partial charge in [-0.1, -0.05) is 30.3 Å². The lowest BCUT2D eigenvalue weighted by Gasteiger charge is -2.33. The molecule has 6 nitrogen and oxygen atoms in total. The molecule has 6 heteroatoms. The van der Waals surface area contributed by atoms with E-state index in [0.717, 1.165) is 5.56 Å². The van der Waals surface area contributed by atoms with Crippen LogP contribution in [0, 0.1) is 0 Å². The number of piperazine rings is 1. The number of rotatable bonds is 4. The van der Waals surface area contributed by atoms with Crippen LogP contribution in [0.4, 0.5) is 0 Å². The first-order valence-electron chi connectivity index (χ1n) is 6.26. The van der Waals surface area contributed by atoms with Crippen molar-refractivity contribution in [1.82, 2.24) is 15.6 Å². The molecule has 1 saturated heterocycles. The number of hydrogen-bond donors (Lipinski definition) is 3. The third kappa shape index (κ3) is 3.52. The summed E-state index contributed by atoms with van der Waals surface area (Å²) in [6, 6.07) is 9.31. The van der Waals surface area contributed by atoms with Crippen molar-refractivity contribution in [3.05, 3.63) is 35.9 Å². The van der Waals surface area contributed by atoms with E-state index in [1.54, 1.807) is 4.90 Å². The van der Waals surface area contributed by atoms with E-state index < -0.39 is 6.04 Å². The molecule has 4 N–H and O–H groups in total. The van der Waals surface area contributed by atoms with Crippen LogP contribution in [0.1, 0.15) is 12.0 Å². The summed E-state index contributed by atoms with van der Waals surface area (Å²) in [5, 5.41) is 3.04. The average Bonchev–Trinajstić information content (AvgIpc) is 2.44. The zero-order valence-electron chi connectivity index (χ0n) is 10.6. The fourth-order valence-electron chi connectivity index (χ4n) is 2.16. The lowest BCUT2D eigenvalue weighted by atomic mass is 10.1. The van der Waals surface area contributed by atoms with Gasteiger partial charge in [-0.25, -0.2) is 5.84 Å². The van der Waals surface area contributed by atoms with Crippen LogP contribution in [0.2, 0.25) is 0 Å². The summed E-state index contributed by atoms with van der Waals surface area (Å²) in [4.78, 5) is 25.2. The number of carbonyl (C=O) groups excluding carboxylic acids is 2. The quantitative estimate of drug-likeness (QED) is 0.383. The highest BCUT2D eigenvalue weighted by molar-refractivity contribution is 5.88. The van der Waals surface area contributed by atoms with E-state index in [-0.39, 0.29) is 18.2 Å². The highest BCUT2D eigenvalue weighted by atomic mass is 16.2. The van der Waals surface area contributed by atoms with Crippen molar-refractivity contribution in [3.8, 4) is 0 Å². The van der Waals surface area contributed by atoms with Crippen molar-refractivity contribution >= 4 is 11.8 Å². The van der Waals surface area contributed by atoms with E-state index in [0.29, 0.717) is 19.6 Å². The minimum absolute atomic E-state index is 0.0568. The van der Waals surface area contributed by atoms with Gasteiger partial charge in [0.2, 0.25) is 11.8 Å². The Kier molecular flexibility index (Phi) is 4.48. The summed E-state index contributed by atoms with van der Waals surface area (Å²) in [7, 11) is 0. The lowest BCUT2D eigenvalue weighted by Crippen LogP contribution is -2.56. The molecule has 0 saturated carbocycles. The maximum Gasteiger partial charge on any atom is 0.240 e. The third-order valence-corrected chi connectivity index (χ3v) is 3.15. The van der Waals surface area contributed by atoms with Crippen LogP contribution in [-0.4, -0.2) is 35.8 Å². The van der Waals surface area contributed by atoms with Crippen LogP contribution in [-0.2, 0) is 16.1 Å². The Morgan fingerprint density at radius 2 is 2.16 bits per heavy atom. The van der Waals surface area contributed by atoms with Gasteiger partial charge in [-0.05, 0) is 5.56 Å². The first-order chi connectivity index (χ1) is 9.20. The predicted molar refractivity (Wildman–Crippen MR) is 70.6 cm³/mol. The Balaban J connectivity index is 1.98. The maximum absolute atomic E-state index is 12.2. The van der Waals surface area contributed by atoms with Gasteiger partial charge in [0.15, 0.2) is 0 Å². The number of hydrazine groups is 1. The molecule has 19 heavy (non-hydrogen) atoms. The number of hydrogen-bond acceptors (Lipinski definition) is 4. The molecular weight excluding hydrogens is 244 g/mol. The standard InChI is InChI=1S/C13H18N4O2/c14-16-12(18)8-11-13(19)17(7-6-15-11)9-10-4-2-1-3-5-10/h1-5,11,15H,6-9,14H2,(H,16,18)/t11-/m0/s1. The van der Waals surface area contributed by atoms with Crippen LogP contribution in [0.5, 0.6) is 0 Å². The molecule has 102 valence electrons. The highest BCUT2D eigenvalue weighted by Crippen LogP contribution is 2.10. The first kappa shape index (κ1) is 13.5. The number of carbonyl (C=O) groups is 2. The molecule has 2 amide bonds. The summed E-state index contributed by atoms with van der Waals surface area (Å²) in [5.41, 5.74) is 3.13. The van der Waals surface area contributed by atoms with E-state index in [2.05, 4.69) is 5.32 Å². The Morgan fingerprint density at radius 1 is 1.42 bits per heavy atom. The Morgan fingerprint density at radius 3 is 2.84 bits per heavy atom. The topological polar surface area (TPSA) is 87.5 Å². The molecule has 2 rings (SSSR count). The maximum atomic E-state index is 12.2. The SMILES string of the molecule is NNC(=O)C[C@@H]1NCCN(Cc2ccccc2)C1=O. The lowest BCUT2D eigenvalue weighted by molar-refractivity contribution is -0.138. The van der Waals surface area contributed by atoms with E-state index >= 15 is 0 Å². The first-order valence-corrected chi connectivity index (χ1v) is 6.26. The van der Waals surface area contributed by atoms with Crippen molar-refractivity contribution in [2.45, 2.75) is 19.0 Å². The third-order valence-electron chi connectivity index (χ3n) is 3.15. The van der Waals surface area contributed by atoms with Gasteiger partial charge in [0.1, 0.15) is 0 Å². The molecule has 0 aliphatic carbocycles. The predicted octanol–water partition coefficient (Wildman–Crippen LogP) is -0.633. The fourth-order valence-corrected chi connectivity index (χ4v) is 2.16. The zero-order chi connectivity index (χ0) is 13.7. The zero-order valence-corrected chi connectivity index (χ0v) is 10.6. The Hall–Kier alpha value is -1.92. The molecule has 1 aliphatic rings. The monoisotopic (exact) mass is 262 g/mol. The van der Waals surface area contributed by atoms with E-state index in [9.17, 15) is 9.59 Å². The molecule has 1 heterocycles. The molecule has 1 aromatic carbocycles. The summed E-state index contributed by atoms with van der Waals surface area (Å²) < 4.78 is 0. The second-order valence-electron chi connectivity index (χ2n) is 4.52. The van der Waals surface area contributed by atoms with Gasteiger partial charge in [0, 0.05) is 19.6 Å². The summed E-state index contributed by atoms with van der Waals surface area (Å²) in [6.45, 7) is 1.90. The molecule has 1 aromatic rings. The minimum Gasteiger partial charge on any atom is -0.336 e. The summed E-state index contributed by atoms with van der Waals surface area (Å²) in [5.74, 6) is 4.64. The number of benzene rings is 1. The van der Waals surface area contributed by atoms with Crippen LogP contribution >= 0.6 is 0 Å². The second-order valence-corrected chi connectivity index (χ2v) is 4.52. The van der Waals surface area contributed by atoms with Gasteiger partial charge in [0.25, 0.3) is 0 Å². The summed E-state index contributed by atoms with van der Waals surface area (Å²) >= 11 is 0. The number of amides is 2. The Labute approximate surface area is 111 Å². The van der Waals surface area contributed by atoms with E-state index in [4.69, 9.17) is 5.84 Å². The molecule has 0 aromatic heterocycles. The average molecular weight is 262 g/mol. The van der Waals surface area contributed by atoms with Crippen LogP contribution < -0.4 is 16.6 Å². The molecule has 1 aliphatic heterocycles. The van der Waals surface area contributed by atoms with Gasteiger partial charge in [0.05, 0.1) is 12.5 Å². The van der Waals surface area contributed by atoms with Crippen LogP contribution in [0.15, 0.2) is 30.3 Å². The van der Waals surface area contributed by atoms with Crippen molar-refractivity contribution in [3.63, 3.8) is 0 Å². The van der Waals surface area contributed by atoms with Gasteiger partial charge in [-0.3, -0.25) is 15.0 Å². The minimum atomic E-state index is -0.485. The number of nitrogens with one attached hydrogen (secondary N) is 2. The largest absolute Gasteiger partial charge is 0.336 e. The van der Waals surface area contributed by atoms with Gasteiger partial charge in [-0.15, -0.1) is 0 Å². The highest BCUT2D eigenvalue weighted by Gasteiger charge is 2.29. The van der Waals surface area contributed by atoms with Gasteiger partial charge in [-0.2, -0.15) is 0 Å². The summed E-state index contributed by atoms with van der Waals surface area (Å²) in [6.07, 6.45) is 0.0701. The normalized spacial score (nSPS) is 19.3. The van der Waals surface area contributed by atoms with Crippen LogP contribution in [0.3, 0.4) is 0 Å². The van der Waals surface area contributed by atoms with E-state index in [1.807, 2.05) is 35.8 Å². The van der Waals surface area contributed by atoms with Gasteiger partial charge >= 0.3 is 0 Å². The molecule has 1 fully saturated rings. The van der Waals surface area contributed by atoms with Crippen molar-refractivity contribution in [1.29, 1.82) is 0 Å². The molecule has 0 unspecified atom stereocenters. The van der Waals surface area contributed by atoms with Crippen molar-refractivity contribution in [2.24, 2.45) is 5.84 Å². The molecule has 1 atom stereocenters. The molecule has 0 bridgehead atoms. The van der Waals surface area contributed by atoms with Crippen molar-refractivity contribution in [2.75, 3.05) is 13.1 Å². The number of nitrogens with zero attached hydrogens (tertiary/aromatic N) is 1. The Bertz CT molecular complexity index is 449. The molecular formula is C13H18N4O2. The second kappa shape index (κ2) is 6.31. The number of nitrogens with two attached hydrogens (primary N) is 1. The smallest absolute Gasteiger partial charge is 0.240 e. The van der Waals surface area contributed by atoms with Crippen LogP contribution in [0.25, 0.3) is 0 Å². The molecule has 0 spiro atoms.